The standard InChI is InChI=1S/C18H25N3OS2/c1-5-12(15(19)22)23-16-14-11-7-6-10(18(2,3)4)8-13(11)24-17(14)21-9-20-16/h9-10,12H,5-8H2,1-4H3,(H2,19,22). The van der Waals surface area contributed by atoms with E-state index in [0.717, 1.165) is 28.1 Å². The Morgan fingerprint density at radius 3 is 2.83 bits per heavy atom. The molecule has 2 N–H and O–H groups in total. The van der Waals surface area contributed by atoms with E-state index in [-0.39, 0.29) is 11.2 Å². The Morgan fingerprint density at radius 1 is 1.46 bits per heavy atom. The van der Waals surface area contributed by atoms with E-state index in [9.17, 15) is 4.79 Å². The zero-order valence-electron chi connectivity index (χ0n) is 14.8. The first-order valence-electron chi connectivity index (χ1n) is 8.52. The molecule has 0 fully saturated rings. The number of thioether (sulfide) groups is 1. The van der Waals surface area contributed by atoms with Crippen molar-refractivity contribution in [1.29, 1.82) is 0 Å². The first-order chi connectivity index (χ1) is 11.3. The number of rotatable bonds is 4. The Balaban J connectivity index is 2.00. The van der Waals surface area contributed by atoms with Crippen LogP contribution in [0.5, 0.6) is 0 Å². The smallest absolute Gasteiger partial charge is 0.230 e. The van der Waals surface area contributed by atoms with Gasteiger partial charge in [0.25, 0.3) is 0 Å². The SMILES string of the molecule is CCC(Sc1ncnc2sc3c(c12)CCC(C(C)(C)C)C3)C(N)=O. The van der Waals surface area contributed by atoms with Gasteiger partial charge in [-0.3, -0.25) is 4.79 Å². The van der Waals surface area contributed by atoms with E-state index in [1.165, 1.54) is 28.6 Å². The zero-order chi connectivity index (χ0) is 17.5. The molecular formula is C18H25N3OS2. The fraction of sp³-hybridized carbons (Fsp3) is 0.611. The fourth-order valence-corrected chi connectivity index (χ4v) is 5.72. The summed E-state index contributed by atoms with van der Waals surface area (Å²) < 4.78 is 0. The van der Waals surface area contributed by atoms with Crippen LogP contribution >= 0.6 is 23.1 Å². The van der Waals surface area contributed by atoms with E-state index in [0.29, 0.717) is 17.8 Å². The number of primary amides is 1. The van der Waals surface area contributed by atoms with Crippen LogP contribution < -0.4 is 5.73 Å². The van der Waals surface area contributed by atoms with Crippen molar-refractivity contribution in [2.45, 2.75) is 63.7 Å². The van der Waals surface area contributed by atoms with Crippen LogP contribution in [-0.2, 0) is 17.6 Å². The van der Waals surface area contributed by atoms with E-state index in [1.807, 2.05) is 6.92 Å². The molecule has 0 radical (unpaired) electrons. The molecule has 0 aromatic carbocycles. The van der Waals surface area contributed by atoms with Crippen molar-refractivity contribution in [3.63, 3.8) is 0 Å². The molecule has 0 bridgehead atoms. The second kappa shape index (κ2) is 6.64. The molecule has 4 nitrogen and oxygen atoms in total. The number of thiophene rings is 1. The van der Waals surface area contributed by atoms with Gasteiger partial charge >= 0.3 is 0 Å². The van der Waals surface area contributed by atoms with Crippen molar-refractivity contribution in [2.75, 3.05) is 0 Å². The van der Waals surface area contributed by atoms with Gasteiger partial charge in [0.1, 0.15) is 16.2 Å². The molecule has 2 atom stereocenters. The minimum atomic E-state index is -0.272. The lowest BCUT2D eigenvalue weighted by Gasteiger charge is -2.33. The van der Waals surface area contributed by atoms with E-state index in [1.54, 1.807) is 17.7 Å². The Labute approximate surface area is 151 Å². The maximum absolute atomic E-state index is 11.6. The molecule has 24 heavy (non-hydrogen) atoms. The fourth-order valence-electron chi connectivity index (χ4n) is 3.39. The highest BCUT2D eigenvalue weighted by Gasteiger charge is 2.32. The minimum absolute atomic E-state index is 0.232. The summed E-state index contributed by atoms with van der Waals surface area (Å²) in [5.41, 5.74) is 7.25. The monoisotopic (exact) mass is 363 g/mol. The third-order valence-electron chi connectivity index (χ3n) is 4.98. The molecule has 0 aliphatic heterocycles. The number of nitrogens with two attached hydrogens (primary N) is 1. The summed E-state index contributed by atoms with van der Waals surface area (Å²) in [6.07, 6.45) is 5.72. The molecule has 1 aliphatic rings. The van der Waals surface area contributed by atoms with Gasteiger partial charge in [-0.2, -0.15) is 0 Å². The lowest BCUT2D eigenvalue weighted by Crippen LogP contribution is -2.26. The topological polar surface area (TPSA) is 68.9 Å². The highest BCUT2D eigenvalue weighted by atomic mass is 32.2. The number of carbonyl (C=O) groups is 1. The average molecular weight is 364 g/mol. The number of aromatic nitrogens is 2. The van der Waals surface area contributed by atoms with Crippen molar-refractivity contribution in [2.24, 2.45) is 17.1 Å². The first-order valence-corrected chi connectivity index (χ1v) is 10.2. The van der Waals surface area contributed by atoms with Crippen LogP contribution in [0.1, 0.15) is 51.0 Å². The van der Waals surface area contributed by atoms with Gasteiger partial charge in [0.2, 0.25) is 5.91 Å². The number of fused-ring (bicyclic) bond motifs is 3. The molecule has 0 saturated carbocycles. The van der Waals surface area contributed by atoms with Gasteiger partial charge in [0.15, 0.2) is 0 Å². The Kier molecular flexibility index (Phi) is 4.89. The Hall–Kier alpha value is -1.14. The van der Waals surface area contributed by atoms with Crippen LogP contribution in [0.2, 0.25) is 0 Å². The Bertz CT molecular complexity index is 763. The maximum Gasteiger partial charge on any atom is 0.230 e. The zero-order valence-corrected chi connectivity index (χ0v) is 16.4. The number of hydrogen-bond donors (Lipinski definition) is 1. The molecule has 1 amide bonds. The quantitative estimate of drug-likeness (QED) is 0.653. The second-order valence-electron chi connectivity index (χ2n) is 7.59. The predicted octanol–water partition coefficient (Wildman–Crippen LogP) is 4.20. The highest BCUT2D eigenvalue weighted by molar-refractivity contribution is 8.00. The van der Waals surface area contributed by atoms with Gasteiger partial charge in [0, 0.05) is 10.3 Å². The maximum atomic E-state index is 11.6. The summed E-state index contributed by atoms with van der Waals surface area (Å²) >= 11 is 3.29. The normalized spacial score (nSPS) is 19.2. The van der Waals surface area contributed by atoms with Crippen LogP contribution in [0.15, 0.2) is 11.4 Å². The first kappa shape index (κ1) is 17.7. The lowest BCUT2D eigenvalue weighted by molar-refractivity contribution is -0.117. The van der Waals surface area contributed by atoms with E-state index in [4.69, 9.17) is 5.73 Å². The molecular weight excluding hydrogens is 338 g/mol. The molecule has 2 aromatic heterocycles. The third-order valence-corrected chi connectivity index (χ3v) is 7.52. The van der Waals surface area contributed by atoms with Gasteiger partial charge < -0.3 is 5.73 Å². The average Bonchev–Trinajstić information content (AvgIpc) is 2.89. The van der Waals surface area contributed by atoms with Crippen molar-refractivity contribution in [3.05, 3.63) is 16.8 Å². The number of aryl methyl sites for hydroxylation is 1. The second-order valence-corrected chi connectivity index (χ2v) is 9.86. The number of nitrogens with zero attached hydrogens (tertiary/aromatic N) is 2. The molecule has 2 heterocycles. The van der Waals surface area contributed by atoms with Crippen molar-refractivity contribution in [1.82, 2.24) is 9.97 Å². The van der Waals surface area contributed by atoms with Crippen LogP contribution in [0.3, 0.4) is 0 Å². The summed E-state index contributed by atoms with van der Waals surface area (Å²) in [6, 6.07) is 0. The van der Waals surface area contributed by atoms with Gasteiger partial charge in [-0.15, -0.1) is 11.3 Å². The van der Waals surface area contributed by atoms with Crippen LogP contribution in [0.25, 0.3) is 10.2 Å². The largest absolute Gasteiger partial charge is 0.369 e. The van der Waals surface area contributed by atoms with E-state index < -0.39 is 0 Å². The molecule has 6 heteroatoms. The molecule has 3 rings (SSSR count). The molecule has 0 saturated heterocycles. The van der Waals surface area contributed by atoms with Crippen LogP contribution in [-0.4, -0.2) is 21.1 Å². The molecule has 2 unspecified atom stereocenters. The predicted molar refractivity (Wildman–Crippen MR) is 102 cm³/mol. The van der Waals surface area contributed by atoms with Crippen LogP contribution in [0.4, 0.5) is 0 Å². The summed E-state index contributed by atoms with van der Waals surface area (Å²) in [5, 5.41) is 1.84. The van der Waals surface area contributed by atoms with Gasteiger partial charge in [-0.05, 0) is 42.6 Å². The van der Waals surface area contributed by atoms with Crippen molar-refractivity contribution < 1.29 is 4.79 Å². The lowest BCUT2D eigenvalue weighted by atomic mass is 9.72. The van der Waals surface area contributed by atoms with Gasteiger partial charge in [-0.25, -0.2) is 9.97 Å². The number of carbonyl (C=O) groups excluding carboxylic acids is 1. The molecule has 0 spiro atoms. The van der Waals surface area contributed by atoms with Gasteiger partial charge in [-0.1, -0.05) is 39.5 Å². The Morgan fingerprint density at radius 2 is 2.21 bits per heavy atom. The highest BCUT2D eigenvalue weighted by Crippen LogP contribution is 2.45. The molecule has 130 valence electrons. The van der Waals surface area contributed by atoms with Crippen LogP contribution in [0, 0.1) is 11.3 Å². The molecule has 2 aromatic rings. The van der Waals surface area contributed by atoms with E-state index in [2.05, 4.69) is 30.7 Å². The number of amides is 1. The molecule has 1 aliphatic carbocycles. The van der Waals surface area contributed by atoms with Crippen molar-refractivity contribution >= 4 is 39.2 Å². The summed E-state index contributed by atoms with van der Waals surface area (Å²) in [5.74, 6) is 0.433. The summed E-state index contributed by atoms with van der Waals surface area (Å²) in [4.78, 5) is 23.1. The summed E-state index contributed by atoms with van der Waals surface area (Å²) in [7, 11) is 0. The summed E-state index contributed by atoms with van der Waals surface area (Å²) in [6.45, 7) is 8.97. The van der Waals surface area contributed by atoms with Crippen molar-refractivity contribution in [3.8, 4) is 0 Å². The minimum Gasteiger partial charge on any atom is -0.369 e. The van der Waals surface area contributed by atoms with Gasteiger partial charge in [0.05, 0.1) is 5.25 Å². The number of hydrogen-bond acceptors (Lipinski definition) is 5. The van der Waals surface area contributed by atoms with E-state index >= 15 is 0 Å². The third kappa shape index (κ3) is 3.31.